The molecule has 0 aliphatic carbocycles. The van der Waals surface area contributed by atoms with E-state index in [2.05, 4.69) is 18.3 Å². The van der Waals surface area contributed by atoms with Crippen molar-refractivity contribution in [3.8, 4) is 11.8 Å². The van der Waals surface area contributed by atoms with Crippen LogP contribution in [0.15, 0.2) is 18.2 Å². The van der Waals surface area contributed by atoms with E-state index in [1.54, 1.807) is 13.2 Å². The van der Waals surface area contributed by atoms with E-state index in [0.717, 1.165) is 30.8 Å². The van der Waals surface area contributed by atoms with Crippen molar-refractivity contribution in [3.05, 3.63) is 23.8 Å². The Morgan fingerprint density at radius 2 is 2.27 bits per heavy atom. The van der Waals surface area contributed by atoms with Gasteiger partial charge in [-0.15, -0.1) is 0 Å². The number of nitrogens with one attached hydrogen (secondary N) is 1. The molecule has 80 valence electrons. The number of hydrogen-bond donors (Lipinski definition) is 1. The summed E-state index contributed by atoms with van der Waals surface area (Å²) < 4.78 is 5.20. The van der Waals surface area contributed by atoms with Gasteiger partial charge in [0.1, 0.15) is 11.8 Å². The van der Waals surface area contributed by atoms with Gasteiger partial charge in [0, 0.05) is 6.54 Å². The zero-order valence-electron chi connectivity index (χ0n) is 9.21. The van der Waals surface area contributed by atoms with Crippen molar-refractivity contribution in [3.63, 3.8) is 0 Å². The molecule has 1 rings (SSSR count). The molecule has 0 aromatic heterocycles. The van der Waals surface area contributed by atoms with Crippen LogP contribution in [-0.4, -0.2) is 13.7 Å². The van der Waals surface area contributed by atoms with Crippen LogP contribution in [0.2, 0.25) is 0 Å². The lowest BCUT2D eigenvalue weighted by Crippen LogP contribution is -2.04. The smallest absolute Gasteiger partial charge is 0.143 e. The molecule has 0 bridgehead atoms. The number of para-hydroxylation sites is 1. The first-order valence-electron chi connectivity index (χ1n) is 5.14. The number of hydrogen-bond acceptors (Lipinski definition) is 3. The molecule has 0 fully saturated rings. The molecule has 0 unspecified atom stereocenters. The fraction of sp³-hybridized carbons (Fsp3) is 0.417. The van der Waals surface area contributed by atoms with E-state index < -0.39 is 0 Å². The molecule has 0 radical (unpaired) electrons. The summed E-state index contributed by atoms with van der Waals surface area (Å²) in [5, 5.41) is 12.2. The molecule has 0 aliphatic rings. The Morgan fingerprint density at radius 3 is 2.87 bits per heavy atom. The summed E-state index contributed by atoms with van der Waals surface area (Å²) in [5.41, 5.74) is 1.43. The van der Waals surface area contributed by atoms with Gasteiger partial charge in [0.25, 0.3) is 0 Å². The van der Waals surface area contributed by atoms with Crippen molar-refractivity contribution < 1.29 is 4.74 Å². The largest absolute Gasteiger partial charge is 0.495 e. The quantitative estimate of drug-likeness (QED) is 0.750. The Labute approximate surface area is 90.7 Å². The van der Waals surface area contributed by atoms with E-state index >= 15 is 0 Å². The minimum atomic E-state index is 0.630. The summed E-state index contributed by atoms with van der Waals surface area (Å²) in [5.74, 6) is 0.727. The van der Waals surface area contributed by atoms with Gasteiger partial charge in [-0.1, -0.05) is 19.4 Å². The lowest BCUT2D eigenvalue weighted by molar-refractivity contribution is 0.416. The van der Waals surface area contributed by atoms with E-state index in [0.29, 0.717) is 5.56 Å². The number of rotatable bonds is 5. The number of benzene rings is 1. The van der Waals surface area contributed by atoms with Gasteiger partial charge in [-0.2, -0.15) is 5.26 Å². The van der Waals surface area contributed by atoms with Crippen LogP contribution in [0.4, 0.5) is 5.69 Å². The van der Waals surface area contributed by atoms with Crippen molar-refractivity contribution in [2.24, 2.45) is 0 Å². The average Bonchev–Trinajstić information content (AvgIpc) is 2.29. The third-order valence-electron chi connectivity index (χ3n) is 2.20. The summed E-state index contributed by atoms with van der Waals surface area (Å²) in [6.07, 6.45) is 2.22. The topological polar surface area (TPSA) is 45.0 Å². The summed E-state index contributed by atoms with van der Waals surface area (Å²) in [7, 11) is 1.61. The Bertz CT molecular complexity index is 355. The summed E-state index contributed by atoms with van der Waals surface area (Å²) in [4.78, 5) is 0. The fourth-order valence-electron chi connectivity index (χ4n) is 1.37. The highest BCUT2D eigenvalue weighted by molar-refractivity contribution is 5.66. The van der Waals surface area contributed by atoms with Crippen LogP contribution >= 0.6 is 0 Å². The maximum atomic E-state index is 8.95. The van der Waals surface area contributed by atoms with E-state index in [1.807, 2.05) is 12.1 Å². The van der Waals surface area contributed by atoms with Crippen molar-refractivity contribution in [1.29, 1.82) is 5.26 Å². The maximum Gasteiger partial charge on any atom is 0.143 e. The molecule has 3 nitrogen and oxygen atoms in total. The number of anilines is 1. The molecule has 0 saturated heterocycles. The van der Waals surface area contributed by atoms with E-state index in [-0.39, 0.29) is 0 Å². The van der Waals surface area contributed by atoms with Crippen molar-refractivity contribution in [2.75, 3.05) is 19.0 Å². The van der Waals surface area contributed by atoms with Crippen molar-refractivity contribution in [2.45, 2.75) is 19.8 Å². The zero-order chi connectivity index (χ0) is 11.1. The van der Waals surface area contributed by atoms with Gasteiger partial charge >= 0.3 is 0 Å². The van der Waals surface area contributed by atoms with Crippen LogP contribution in [0.5, 0.6) is 5.75 Å². The third-order valence-corrected chi connectivity index (χ3v) is 2.20. The summed E-state index contributed by atoms with van der Waals surface area (Å²) >= 11 is 0. The SMILES string of the molecule is CCCCNc1c(C#N)cccc1OC. The van der Waals surface area contributed by atoms with Crippen LogP contribution in [0.25, 0.3) is 0 Å². The molecule has 0 amide bonds. The normalized spacial score (nSPS) is 9.40. The molecule has 0 spiro atoms. The minimum Gasteiger partial charge on any atom is -0.495 e. The van der Waals surface area contributed by atoms with Crippen LogP contribution in [0.3, 0.4) is 0 Å². The van der Waals surface area contributed by atoms with Crippen LogP contribution in [-0.2, 0) is 0 Å². The van der Waals surface area contributed by atoms with Gasteiger partial charge in [-0.3, -0.25) is 0 Å². The molecular weight excluding hydrogens is 188 g/mol. The zero-order valence-corrected chi connectivity index (χ0v) is 9.21. The molecule has 15 heavy (non-hydrogen) atoms. The van der Waals surface area contributed by atoms with E-state index in [9.17, 15) is 0 Å². The predicted molar refractivity (Wildman–Crippen MR) is 61.1 cm³/mol. The first-order valence-corrected chi connectivity index (χ1v) is 5.14. The van der Waals surface area contributed by atoms with Gasteiger partial charge in [0.05, 0.1) is 18.4 Å². The third kappa shape index (κ3) is 2.88. The number of ether oxygens (including phenoxy) is 1. The van der Waals surface area contributed by atoms with E-state index in [4.69, 9.17) is 10.00 Å². The van der Waals surface area contributed by atoms with Crippen LogP contribution < -0.4 is 10.1 Å². The molecule has 1 aromatic carbocycles. The second-order valence-corrected chi connectivity index (χ2v) is 3.27. The van der Waals surface area contributed by atoms with Gasteiger partial charge in [-0.05, 0) is 18.6 Å². The molecule has 0 atom stereocenters. The van der Waals surface area contributed by atoms with E-state index in [1.165, 1.54) is 0 Å². The molecular formula is C12H16N2O. The van der Waals surface area contributed by atoms with Gasteiger partial charge in [0.2, 0.25) is 0 Å². The standard InChI is InChI=1S/C12H16N2O/c1-3-4-8-14-12-10(9-13)6-5-7-11(12)15-2/h5-7,14H,3-4,8H2,1-2H3. The fourth-order valence-corrected chi connectivity index (χ4v) is 1.37. The Morgan fingerprint density at radius 1 is 1.47 bits per heavy atom. The molecule has 0 aliphatic heterocycles. The molecule has 1 aromatic rings. The number of nitrogens with zero attached hydrogens (tertiary/aromatic N) is 1. The monoisotopic (exact) mass is 204 g/mol. The lowest BCUT2D eigenvalue weighted by Gasteiger charge is -2.11. The highest BCUT2D eigenvalue weighted by atomic mass is 16.5. The predicted octanol–water partition coefficient (Wildman–Crippen LogP) is 2.78. The number of unbranched alkanes of at least 4 members (excludes halogenated alkanes) is 1. The van der Waals surface area contributed by atoms with Crippen molar-refractivity contribution >= 4 is 5.69 Å². The Hall–Kier alpha value is -1.69. The first kappa shape index (κ1) is 11.4. The van der Waals surface area contributed by atoms with Gasteiger partial charge < -0.3 is 10.1 Å². The summed E-state index contributed by atoms with van der Waals surface area (Å²) in [6.45, 7) is 3.00. The second-order valence-electron chi connectivity index (χ2n) is 3.27. The lowest BCUT2D eigenvalue weighted by atomic mass is 10.1. The molecule has 1 N–H and O–H groups in total. The highest BCUT2D eigenvalue weighted by Gasteiger charge is 2.07. The second kappa shape index (κ2) is 5.92. The van der Waals surface area contributed by atoms with Crippen molar-refractivity contribution in [1.82, 2.24) is 0 Å². The molecule has 3 heteroatoms. The Balaban J connectivity index is 2.86. The number of nitriles is 1. The van der Waals surface area contributed by atoms with Gasteiger partial charge in [-0.25, -0.2) is 0 Å². The maximum absolute atomic E-state index is 8.95. The molecule has 0 saturated carbocycles. The highest BCUT2D eigenvalue weighted by Crippen LogP contribution is 2.27. The minimum absolute atomic E-state index is 0.630. The molecule has 0 heterocycles. The van der Waals surface area contributed by atoms with Crippen LogP contribution in [0.1, 0.15) is 25.3 Å². The Kier molecular flexibility index (Phi) is 4.49. The average molecular weight is 204 g/mol. The summed E-state index contributed by atoms with van der Waals surface area (Å²) in [6, 6.07) is 7.62. The van der Waals surface area contributed by atoms with Crippen LogP contribution in [0, 0.1) is 11.3 Å². The number of methoxy groups -OCH3 is 1. The van der Waals surface area contributed by atoms with Gasteiger partial charge in [0.15, 0.2) is 0 Å². The first-order chi connectivity index (χ1) is 7.33.